The SMILES string of the molecule is CCC1=C(C)C2=NC1=CC1=C(C)C3=C(O)CC(=C4NC(=CC5=NC(=C2)C(C(C)OCc2ccc6c(c2)C(=O)c2ccccc2C6=O)=C5C)[C@@H](C)[C@@H]4CCC(=O)O)C3=N1. The van der Waals surface area contributed by atoms with Crippen LogP contribution in [0.5, 0.6) is 0 Å². The number of benzene rings is 2. The van der Waals surface area contributed by atoms with Crippen molar-refractivity contribution in [2.45, 2.75) is 79.9 Å². The molecule has 3 atom stereocenters. The molecule has 3 N–H and O–H groups in total. The first-order valence-corrected chi connectivity index (χ1v) is 20.0. The molecule has 292 valence electrons. The number of carboxylic acids is 1. The molecule has 5 aliphatic heterocycles. The van der Waals surface area contributed by atoms with E-state index in [-0.39, 0.29) is 42.2 Å². The van der Waals surface area contributed by atoms with E-state index >= 15 is 0 Å². The van der Waals surface area contributed by atoms with Crippen molar-refractivity contribution < 1.29 is 29.3 Å². The van der Waals surface area contributed by atoms with Gasteiger partial charge in [-0.2, -0.15) is 0 Å². The molecule has 0 amide bonds. The molecule has 5 heterocycles. The highest BCUT2D eigenvalue weighted by Crippen LogP contribution is 2.46. The third kappa shape index (κ3) is 5.88. The molecule has 0 saturated carbocycles. The van der Waals surface area contributed by atoms with Crippen LogP contribution in [0.25, 0.3) is 0 Å². The molecule has 2 aromatic carbocycles. The molecule has 0 spiro atoms. The highest BCUT2D eigenvalue weighted by atomic mass is 16.5. The van der Waals surface area contributed by atoms with Crippen LogP contribution >= 0.6 is 0 Å². The van der Waals surface area contributed by atoms with E-state index in [9.17, 15) is 24.6 Å². The van der Waals surface area contributed by atoms with E-state index in [1.807, 2.05) is 39.0 Å². The first kappa shape index (κ1) is 37.3. The Balaban J connectivity index is 1.12. The van der Waals surface area contributed by atoms with Crippen LogP contribution in [0.15, 0.2) is 149 Å². The largest absolute Gasteiger partial charge is 0.511 e. The second-order valence-corrected chi connectivity index (χ2v) is 16.0. The number of ether oxygens (including phenoxy) is 1. The lowest BCUT2D eigenvalue weighted by molar-refractivity contribution is -0.137. The fourth-order valence-corrected chi connectivity index (χ4v) is 9.46. The number of aliphatic hydroxyl groups excluding tert-OH is 1. The summed E-state index contributed by atoms with van der Waals surface area (Å²) in [5.74, 6) is -1.13. The number of carbonyl (C=O) groups excluding carboxylic acids is 2. The number of rotatable bonds is 8. The van der Waals surface area contributed by atoms with Gasteiger partial charge in [0.05, 0.1) is 46.9 Å². The summed E-state index contributed by atoms with van der Waals surface area (Å²) in [7, 11) is 0. The van der Waals surface area contributed by atoms with E-state index in [1.54, 1.807) is 36.4 Å². The fourth-order valence-electron chi connectivity index (χ4n) is 9.46. The van der Waals surface area contributed by atoms with Gasteiger partial charge in [0.2, 0.25) is 0 Å². The van der Waals surface area contributed by atoms with Crippen LogP contribution in [0.3, 0.4) is 0 Å². The molecule has 10 nitrogen and oxygen atoms in total. The minimum Gasteiger partial charge on any atom is -0.511 e. The molecule has 1 unspecified atom stereocenters. The number of aliphatic imine (C=N–C) groups is 3. The standard InChI is InChI=1S/C48H44N4O6/c1-7-28-22(2)35-20-40-43(26(6)58-21-27-12-13-32-33(16-27)48(57)31-11-9-8-10-30(31)47(32)56)24(4)37(50-40)18-36-23(3)29(14-15-42(54)55)45(51-36)34-17-41(53)44-25(5)38(52-46(34)44)19-39(28)49-35/h8-13,16,18-20,23,26,29,51,53H,7,14-15,17,21H2,1-6H3,(H,54,55)/t23-,26?,29-/m0/s1. The summed E-state index contributed by atoms with van der Waals surface area (Å²) in [6.07, 6.45) is 7.17. The molecule has 2 aliphatic carbocycles. The number of aliphatic carboxylic acids is 1. The Labute approximate surface area is 336 Å². The van der Waals surface area contributed by atoms with Gasteiger partial charge in [0, 0.05) is 75.0 Å². The first-order valence-electron chi connectivity index (χ1n) is 20.0. The number of hydrogen-bond acceptors (Lipinski definition) is 9. The van der Waals surface area contributed by atoms with Crippen LogP contribution in [0.2, 0.25) is 0 Å². The zero-order valence-electron chi connectivity index (χ0n) is 33.4. The van der Waals surface area contributed by atoms with Crippen LogP contribution in [-0.4, -0.2) is 51.0 Å². The second kappa shape index (κ2) is 14.0. The van der Waals surface area contributed by atoms with Gasteiger partial charge in [0.15, 0.2) is 11.6 Å². The van der Waals surface area contributed by atoms with Gasteiger partial charge < -0.3 is 20.3 Å². The average molecular weight is 773 g/mol. The van der Waals surface area contributed by atoms with Crippen LogP contribution in [0.4, 0.5) is 0 Å². The Hall–Kier alpha value is -6.26. The Morgan fingerprint density at radius 2 is 1.59 bits per heavy atom. The van der Waals surface area contributed by atoms with Crippen molar-refractivity contribution in [2.75, 3.05) is 0 Å². The van der Waals surface area contributed by atoms with Gasteiger partial charge in [-0.1, -0.05) is 44.2 Å². The number of fused-ring (bicyclic) bond motifs is 7. The van der Waals surface area contributed by atoms with E-state index in [4.69, 9.17) is 19.7 Å². The third-order valence-electron chi connectivity index (χ3n) is 12.7. The molecule has 9 rings (SSSR count). The van der Waals surface area contributed by atoms with E-state index in [0.29, 0.717) is 35.1 Å². The summed E-state index contributed by atoms with van der Waals surface area (Å²) in [5.41, 5.74) is 15.3. The van der Waals surface area contributed by atoms with Gasteiger partial charge in [0.25, 0.3) is 0 Å². The summed E-state index contributed by atoms with van der Waals surface area (Å²) in [4.78, 5) is 54.1. The molecule has 58 heavy (non-hydrogen) atoms. The average Bonchev–Trinajstić information content (AvgIpc) is 3.97. The monoisotopic (exact) mass is 772 g/mol. The van der Waals surface area contributed by atoms with Gasteiger partial charge in [-0.05, 0) is 98.8 Å². The fraction of sp³-hybridized carbons (Fsp3) is 0.292. The lowest BCUT2D eigenvalue weighted by Crippen LogP contribution is -2.21. The highest BCUT2D eigenvalue weighted by Gasteiger charge is 2.41. The van der Waals surface area contributed by atoms with Crippen molar-refractivity contribution in [1.29, 1.82) is 0 Å². The van der Waals surface area contributed by atoms with Crippen LogP contribution in [-0.2, 0) is 16.1 Å². The minimum absolute atomic E-state index is 0.00740. The number of nitrogens with zero attached hydrogens (tertiary/aromatic N) is 3. The number of ketones is 2. The summed E-state index contributed by atoms with van der Waals surface area (Å²) < 4.78 is 6.59. The predicted molar refractivity (Wildman–Crippen MR) is 223 cm³/mol. The topological polar surface area (TPSA) is 150 Å². The molecule has 8 bridgehead atoms. The van der Waals surface area contributed by atoms with Crippen LogP contribution in [0, 0.1) is 11.8 Å². The summed E-state index contributed by atoms with van der Waals surface area (Å²) in [5, 5.41) is 24.7. The van der Waals surface area contributed by atoms with Gasteiger partial charge in [-0.15, -0.1) is 0 Å². The molecule has 1 saturated heterocycles. The van der Waals surface area contributed by atoms with Gasteiger partial charge in [-0.25, -0.2) is 15.0 Å². The molecule has 2 aromatic rings. The van der Waals surface area contributed by atoms with Crippen molar-refractivity contribution in [3.05, 3.63) is 162 Å². The Morgan fingerprint density at radius 1 is 0.897 bits per heavy atom. The molecule has 0 radical (unpaired) electrons. The van der Waals surface area contributed by atoms with Crippen molar-refractivity contribution in [3.63, 3.8) is 0 Å². The Morgan fingerprint density at radius 3 is 2.31 bits per heavy atom. The number of nitrogens with one attached hydrogen (secondary N) is 1. The zero-order chi connectivity index (χ0) is 40.7. The van der Waals surface area contributed by atoms with Crippen molar-refractivity contribution in [3.8, 4) is 0 Å². The van der Waals surface area contributed by atoms with Crippen molar-refractivity contribution in [1.82, 2.24) is 5.32 Å². The highest BCUT2D eigenvalue weighted by molar-refractivity contribution is 6.28. The number of carbonyl (C=O) groups is 3. The summed E-state index contributed by atoms with van der Waals surface area (Å²) in [6.45, 7) is 12.5. The Kier molecular flexibility index (Phi) is 9.00. The number of aliphatic hydroxyl groups is 1. The maximum Gasteiger partial charge on any atom is 0.303 e. The summed E-state index contributed by atoms with van der Waals surface area (Å²) in [6, 6.07) is 12.3. The molecular weight excluding hydrogens is 729 g/mol. The number of allylic oxidation sites excluding steroid dienone is 11. The Bertz CT molecular complexity index is 2690. The molecule has 1 fully saturated rings. The lowest BCUT2D eigenvalue weighted by Gasteiger charge is -2.20. The van der Waals surface area contributed by atoms with E-state index in [1.165, 1.54) is 0 Å². The predicted octanol–water partition coefficient (Wildman–Crippen LogP) is 8.90. The normalized spacial score (nSPS) is 22.5. The molecule has 10 heteroatoms. The minimum atomic E-state index is -0.857. The maximum atomic E-state index is 13.5. The zero-order valence-corrected chi connectivity index (χ0v) is 33.4. The molecule has 7 aliphatic rings. The van der Waals surface area contributed by atoms with Crippen molar-refractivity contribution >= 4 is 34.7 Å². The molecule has 0 aromatic heterocycles. The van der Waals surface area contributed by atoms with Crippen molar-refractivity contribution in [2.24, 2.45) is 26.8 Å². The second-order valence-electron chi connectivity index (χ2n) is 16.0. The van der Waals surface area contributed by atoms with E-state index in [2.05, 4.69) is 32.2 Å². The van der Waals surface area contributed by atoms with Crippen LogP contribution < -0.4 is 5.32 Å². The number of carboxylic acid groups (broad SMARTS) is 1. The van der Waals surface area contributed by atoms with Gasteiger partial charge in [-0.3, -0.25) is 14.4 Å². The van der Waals surface area contributed by atoms with E-state index < -0.39 is 12.1 Å². The quantitative estimate of drug-likeness (QED) is 0.207. The summed E-state index contributed by atoms with van der Waals surface area (Å²) >= 11 is 0. The van der Waals surface area contributed by atoms with Gasteiger partial charge >= 0.3 is 5.97 Å². The smallest absolute Gasteiger partial charge is 0.303 e. The van der Waals surface area contributed by atoms with E-state index in [0.717, 1.165) is 96.6 Å². The maximum absolute atomic E-state index is 13.5. The lowest BCUT2D eigenvalue weighted by atomic mass is 9.83. The first-order chi connectivity index (χ1) is 27.8. The van der Waals surface area contributed by atoms with Gasteiger partial charge in [0.1, 0.15) is 5.76 Å². The van der Waals surface area contributed by atoms with Crippen LogP contribution in [0.1, 0.15) is 105 Å². The number of hydrogen-bond donors (Lipinski definition) is 3. The molecular formula is C48H44N4O6. The third-order valence-corrected chi connectivity index (χ3v) is 12.7.